The summed E-state index contributed by atoms with van der Waals surface area (Å²) in [5, 5.41) is 5.04. The van der Waals surface area contributed by atoms with Crippen molar-refractivity contribution in [3.8, 4) is 0 Å². The number of amides is 2. The molecule has 38 valence electrons. The highest BCUT2D eigenvalue weighted by atomic mass is 16.6. The Morgan fingerprint density at radius 3 is 2.29 bits per heavy atom. The third-order valence-electron chi connectivity index (χ3n) is 1.04. The summed E-state index contributed by atoms with van der Waals surface area (Å²) in [6, 6.07) is -0.124. The minimum Gasteiger partial charge on any atom is -0.326 e. The molecule has 0 bridgehead atoms. The Kier molecular flexibility index (Phi) is 0.346. The average molecular weight is 100 g/mol. The van der Waals surface area contributed by atoms with Gasteiger partial charge in [-0.1, -0.05) is 0 Å². The van der Waals surface area contributed by atoms with E-state index in [4.69, 9.17) is 4.74 Å². The van der Waals surface area contributed by atoms with Gasteiger partial charge >= 0.3 is 6.03 Å². The van der Waals surface area contributed by atoms with Crippen LogP contribution in [-0.4, -0.2) is 18.5 Å². The summed E-state index contributed by atoms with van der Waals surface area (Å²) in [5.41, 5.74) is 0. The molecular formula is C3H4N2O2. The van der Waals surface area contributed by atoms with Crippen LogP contribution >= 0.6 is 0 Å². The lowest BCUT2D eigenvalue weighted by Gasteiger charge is -1.90. The summed E-state index contributed by atoms with van der Waals surface area (Å²) in [6.07, 6.45) is -0.0417. The Hall–Kier alpha value is -0.770. The van der Waals surface area contributed by atoms with Gasteiger partial charge in [-0.05, 0) is 0 Å². The molecule has 4 heteroatoms. The highest BCUT2D eigenvalue weighted by Gasteiger charge is 2.47. The highest BCUT2D eigenvalue weighted by molar-refractivity contribution is 5.77. The monoisotopic (exact) mass is 100 g/mol. The number of urea groups is 1. The van der Waals surface area contributed by atoms with Crippen molar-refractivity contribution in [2.24, 2.45) is 0 Å². The van der Waals surface area contributed by atoms with Gasteiger partial charge in [0.2, 0.25) is 0 Å². The van der Waals surface area contributed by atoms with Gasteiger partial charge in [0.1, 0.15) is 0 Å². The molecule has 2 N–H and O–H groups in total. The SMILES string of the molecule is O=C1NC2OC2N1. The van der Waals surface area contributed by atoms with Crippen LogP contribution in [-0.2, 0) is 4.74 Å². The Labute approximate surface area is 39.8 Å². The maximum atomic E-state index is 10.2. The van der Waals surface area contributed by atoms with Crippen LogP contribution in [0.3, 0.4) is 0 Å². The lowest BCUT2D eigenvalue weighted by atomic mass is 10.7. The van der Waals surface area contributed by atoms with Crippen molar-refractivity contribution in [1.82, 2.24) is 10.6 Å². The van der Waals surface area contributed by atoms with Crippen LogP contribution in [0.25, 0.3) is 0 Å². The van der Waals surface area contributed by atoms with E-state index in [-0.39, 0.29) is 18.5 Å². The molecule has 0 aliphatic carbocycles. The smallest absolute Gasteiger partial charge is 0.319 e. The molecular weight excluding hydrogens is 96.0 g/mol. The van der Waals surface area contributed by atoms with Crippen molar-refractivity contribution in [1.29, 1.82) is 0 Å². The molecule has 2 heterocycles. The Balaban J connectivity index is 2.14. The largest absolute Gasteiger partial charge is 0.326 e. The standard InChI is InChI=1S/C3H4N2O2/c6-3-4-1-2(5-3)7-1/h1-2H,(H2,4,5,6). The molecule has 2 saturated heterocycles. The Morgan fingerprint density at radius 1 is 1.43 bits per heavy atom. The molecule has 2 rings (SSSR count). The molecule has 2 atom stereocenters. The molecule has 2 fully saturated rings. The van der Waals surface area contributed by atoms with Gasteiger partial charge in [0.05, 0.1) is 0 Å². The zero-order valence-corrected chi connectivity index (χ0v) is 3.47. The van der Waals surface area contributed by atoms with E-state index in [0.29, 0.717) is 0 Å². The summed E-state index contributed by atoms with van der Waals surface area (Å²) in [7, 11) is 0. The van der Waals surface area contributed by atoms with Crippen LogP contribution in [0.15, 0.2) is 0 Å². The number of hydrogen-bond donors (Lipinski definition) is 2. The second kappa shape index (κ2) is 0.742. The fraction of sp³-hybridized carbons (Fsp3) is 0.667. The number of nitrogens with one attached hydrogen (secondary N) is 2. The van der Waals surface area contributed by atoms with Crippen LogP contribution in [0.5, 0.6) is 0 Å². The van der Waals surface area contributed by atoms with Crippen molar-refractivity contribution in [2.45, 2.75) is 12.5 Å². The van der Waals surface area contributed by atoms with Crippen LogP contribution < -0.4 is 10.6 Å². The van der Waals surface area contributed by atoms with Crippen molar-refractivity contribution in [3.05, 3.63) is 0 Å². The zero-order valence-electron chi connectivity index (χ0n) is 3.47. The van der Waals surface area contributed by atoms with Crippen molar-refractivity contribution >= 4 is 6.03 Å². The topological polar surface area (TPSA) is 53.7 Å². The first-order chi connectivity index (χ1) is 3.36. The highest BCUT2D eigenvalue weighted by Crippen LogP contribution is 2.19. The summed E-state index contributed by atoms with van der Waals surface area (Å²) in [5.74, 6) is 0. The number of carbonyl (C=O) groups is 1. The fourth-order valence-corrected chi connectivity index (χ4v) is 0.632. The van der Waals surface area contributed by atoms with E-state index in [1.165, 1.54) is 0 Å². The van der Waals surface area contributed by atoms with Gasteiger partial charge in [0.25, 0.3) is 0 Å². The molecule has 2 unspecified atom stereocenters. The molecule has 7 heavy (non-hydrogen) atoms. The second-order valence-corrected chi connectivity index (χ2v) is 1.60. The number of ether oxygens (including phenoxy) is 1. The first-order valence-corrected chi connectivity index (χ1v) is 2.09. The summed E-state index contributed by atoms with van der Waals surface area (Å²) in [6.45, 7) is 0. The first kappa shape index (κ1) is 3.26. The van der Waals surface area contributed by atoms with Gasteiger partial charge in [-0.3, -0.25) is 0 Å². The van der Waals surface area contributed by atoms with Crippen LogP contribution in [0, 0.1) is 0 Å². The summed E-state index contributed by atoms with van der Waals surface area (Å²) in [4.78, 5) is 10.2. The molecule has 0 aromatic heterocycles. The molecule has 2 aliphatic rings. The fourth-order valence-electron chi connectivity index (χ4n) is 0.632. The minimum absolute atomic E-state index is 0.0208. The number of epoxide rings is 1. The molecule has 0 saturated carbocycles. The van der Waals surface area contributed by atoms with Gasteiger partial charge in [-0.25, -0.2) is 4.79 Å². The van der Waals surface area contributed by atoms with E-state index >= 15 is 0 Å². The Morgan fingerprint density at radius 2 is 2.00 bits per heavy atom. The van der Waals surface area contributed by atoms with Gasteiger partial charge in [0, 0.05) is 0 Å². The van der Waals surface area contributed by atoms with Gasteiger partial charge < -0.3 is 15.4 Å². The summed E-state index contributed by atoms with van der Waals surface area (Å²) < 4.78 is 4.78. The number of fused-ring (bicyclic) bond motifs is 1. The quantitative estimate of drug-likeness (QED) is 0.383. The average Bonchev–Trinajstić information content (AvgIpc) is 2.15. The number of hydrogen-bond acceptors (Lipinski definition) is 2. The first-order valence-electron chi connectivity index (χ1n) is 2.09. The minimum atomic E-state index is -0.124. The van der Waals surface area contributed by atoms with E-state index in [2.05, 4.69) is 10.6 Å². The number of rotatable bonds is 0. The number of carbonyl (C=O) groups excluding carboxylic acids is 1. The predicted octanol–water partition coefficient (Wildman–Crippen LogP) is -1.02. The van der Waals surface area contributed by atoms with E-state index in [1.54, 1.807) is 0 Å². The molecule has 0 aromatic rings. The lowest BCUT2D eigenvalue weighted by Crippen LogP contribution is -2.27. The van der Waals surface area contributed by atoms with Crippen molar-refractivity contribution in [2.75, 3.05) is 0 Å². The molecule has 0 aromatic carbocycles. The normalized spacial score (nSPS) is 44.3. The van der Waals surface area contributed by atoms with Gasteiger partial charge in [-0.2, -0.15) is 0 Å². The predicted molar refractivity (Wildman–Crippen MR) is 20.3 cm³/mol. The molecule has 2 aliphatic heterocycles. The third-order valence-corrected chi connectivity index (χ3v) is 1.04. The van der Waals surface area contributed by atoms with Crippen LogP contribution in [0.1, 0.15) is 0 Å². The van der Waals surface area contributed by atoms with Crippen LogP contribution in [0.4, 0.5) is 4.79 Å². The van der Waals surface area contributed by atoms with E-state index in [0.717, 1.165) is 0 Å². The zero-order chi connectivity index (χ0) is 4.85. The molecule has 4 nitrogen and oxygen atoms in total. The van der Waals surface area contributed by atoms with Crippen LogP contribution in [0.2, 0.25) is 0 Å². The maximum Gasteiger partial charge on any atom is 0.319 e. The van der Waals surface area contributed by atoms with Crippen molar-refractivity contribution in [3.63, 3.8) is 0 Å². The van der Waals surface area contributed by atoms with Gasteiger partial charge in [0.15, 0.2) is 12.5 Å². The van der Waals surface area contributed by atoms with E-state index in [9.17, 15) is 4.79 Å². The molecule has 0 radical (unpaired) electrons. The molecule has 2 amide bonds. The second-order valence-electron chi connectivity index (χ2n) is 1.60. The van der Waals surface area contributed by atoms with E-state index in [1.807, 2.05) is 0 Å². The summed E-state index contributed by atoms with van der Waals surface area (Å²) >= 11 is 0. The lowest BCUT2D eigenvalue weighted by molar-refractivity contribution is 0.223. The van der Waals surface area contributed by atoms with E-state index < -0.39 is 0 Å². The Bertz CT molecular complexity index is 112. The van der Waals surface area contributed by atoms with Gasteiger partial charge in [-0.15, -0.1) is 0 Å². The maximum absolute atomic E-state index is 10.2. The molecule has 0 spiro atoms. The third kappa shape index (κ3) is 0.312. The van der Waals surface area contributed by atoms with Crippen molar-refractivity contribution < 1.29 is 9.53 Å².